The SMILES string of the molecule is CN(C)CCNC(=NC#N)N[C@H]1c2cc(C#N)ccc2OC(C)(C)[C@@H]1O. The molecule has 1 aromatic carbocycles. The van der Waals surface area contributed by atoms with Crippen molar-refractivity contribution in [2.24, 2.45) is 4.99 Å². The summed E-state index contributed by atoms with van der Waals surface area (Å²) < 4.78 is 5.88. The standard InChI is InChI=1S/C18H24N6O2/c1-18(2)16(25)15(13-9-12(10-19)5-6-14(13)26-18)23-17(22-11-20)21-7-8-24(3)4/h5-6,9,15-16,25H,7-8H2,1-4H3,(H2,21,22,23)/t15-,16+/m0/s1. The largest absolute Gasteiger partial charge is 0.485 e. The van der Waals surface area contributed by atoms with Crippen molar-refractivity contribution < 1.29 is 9.84 Å². The number of likely N-dealkylation sites (N-methyl/N-ethyl adjacent to an activating group) is 1. The van der Waals surface area contributed by atoms with E-state index in [9.17, 15) is 10.4 Å². The number of aliphatic imine (C=N–C) groups is 1. The number of aliphatic hydroxyl groups is 1. The van der Waals surface area contributed by atoms with E-state index in [0.717, 1.165) is 6.54 Å². The molecule has 0 bridgehead atoms. The summed E-state index contributed by atoms with van der Waals surface area (Å²) in [5, 5.41) is 35.1. The zero-order valence-electron chi connectivity index (χ0n) is 15.4. The molecule has 8 heteroatoms. The zero-order valence-corrected chi connectivity index (χ0v) is 15.4. The lowest BCUT2D eigenvalue weighted by atomic mass is 9.86. The molecular formula is C18H24N6O2. The second-order valence-electron chi connectivity index (χ2n) is 6.93. The molecule has 1 aromatic rings. The summed E-state index contributed by atoms with van der Waals surface area (Å²) in [4.78, 5) is 5.78. The summed E-state index contributed by atoms with van der Waals surface area (Å²) in [7, 11) is 3.89. The number of rotatable bonds is 4. The van der Waals surface area contributed by atoms with Gasteiger partial charge in [0.25, 0.3) is 0 Å². The van der Waals surface area contributed by atoms with Crippen LogP contribution in [0.3, 0.4) is 0 Å². The van der Waals surface area contributed by atoms with Crippen LogP contribution in [0.4, 0.5) is 0 Å². The molecule has 0 aromatic heterocycles. The maximum absolute atomic E-state index is 10.8. The minimum absolute atomic E-state index is 0.268. The Kier molecular flexibility index (Phi) is 6.04. The number of benzene rings is 1. The molecule has 0 aliphatic carbocycles. The number of nitrogens with zero attached hydrogens (tertiary/aromatic N) is 4. The molecule has 1 heterocycles. The van der Waals surface area contributed by atoms with Gasteiger partial charge in [-0.2, -0.15) is 10.5 Å². The lowest BCUT2D eigenvalue weighted by Gasteiger charge is -2.42. The highest BCUT2D eigenvalue weighted by Gasteiger charge is 2.43. The molecule has 8 nitrogen and oxygen atoms in total. The fourth-order valence-corrected chi connectivity index (χ4v) is 2.74. The first-order chi connectivity index (χ1) is 12.3. The van der Waals surface area contributed by atoms with E-state index in [2.05, 4.69) is 21.7 Å². The Hall–Kier alpha value is -2.81. The summed E-state index contributed by atoms with van der Waals surface area (Å²) in [6.07, 6.45) is 0.848. The normalized spacial score (nSPS) is 21.2. The van der Waals surface area contributed by atoms with Crippen LogP contribution in [0, 0.1) is 22.8 Å². The third-order valence-corrected chi connectivity index (χ3v) is 4.18. The van der Waals surface area contributed by atoms with E-state index in [1.54, 1.807) is 38.2 Å². The van der Waals surface area contributed by atoms with Gasteiger partial charge >= 0.3 is 0 Å². The van der Waals surface area contributed by atoms with Crippen molar-refractivity contribution in [2.45, 2.75) is 31.6 Å². The Bertz CT molecular complexity index is 760. The molecule has 0 unspecified atom stereocenters. The predicted octanol–water partition coefficient (Wildman–Crippen LogP) is 0.709. The van der Waals surface area contributed by atoms with Crippen molar-refractivity contribution >= 4 is 5.96 Å². The van der Waals surface area contributed by atoms with Crippen molar-refractivity contribution in [3.63, 3.8) is 0 Å². The fourth-order valence-electron chi connectivity index (χ4n) is 2.74. The number of fused-ring (bicyclic) bond motifs is 1. The van der Waals surface area contributed by atoms with Gasteiger partial charge in [0.2, 0.25) is 12.2 Å². The van der Waals surface area contributed by atoms with Crippen molar-refractivity contribution in [3.8, 4) is 18.0 Å². The summed E-state index contributed by atoms with van der Waals surface area (Å²) >= 11 is 0. The third kappa shape index (κ3) is 4.42. The van der Waals surface area contributed by atoms with Gasteiger partial charge in [-0.1, -0.05) is 0 Å². The van der Waals surface area contributed by atoms with Gasteiger partial charge in [0.05, 0.1) is 17.7 Å². The van der Waals surface area contributed by atoms with Crippen LogP contribution in [0.1, 0.15) is 31.0 Å². The molecule has 0 saturated carbocycles. The van der Waals surface area contributed by atoms with Gasteiger partial charge in [0.15, 0.2) is 0 Å². The Morgan fingerprint density at radius 2 is 2.12 bits per heavy atom. The molecule has 1 aliphatic heterocycles. The van der Waals surface area contributed by atoms with Crippen LogP contribution >= 0.6 is 0 Å². The van der Waals surface area contributed by atoms with Crippen molar-refractivity contribution in [2.75, 3.05) is 27.2 Å². The Morgan fingerprint density at radius 1 is 1.38 bits per heavy atom. The van der Waals surface area contributed by atoms with Gasteiger partial charge in [-0.3, -0.25) is 0 Å². The lowest BCUT2D eigenvalue weighted by Crippen LogP contribution is -2.55. The molecule has 138 valence electrons. The van der Waals surface area contributed by atoms with Crippen LogP contribution in [-0.2, 0) is 0 Å². The lowest BCUT2D eigenvalue weighted by molar-refractivity contribution is -0.0612. The smallest absolute Gasteiger partial charge is 0.209 e. The van der Waals surface area contributed by atoms with Crippen molar-refractivity contribution in [1.82, 2.24) is 15.5 Å². The predicted molar refractivity (Wildman–Crippen MR) is 97.4 cm³/mol. The van der Waals surface area contributed by atoms with Gasteiger partial charge in [-0.25, -0.2) is 0 Å². The number of ether oxygens (including phenoxy) is 1. The number of nitriles is 2. The number of aliphatic hydroxyl groups excluding tert-OH is 1. The second kappa shape index (κ2) is 8.05. The van der Waals surface area contributed by atoms with E-state index >= 15 is 0 Å². The highest BCUT2D eigenvalue weighted by molar-refractivity contribution is 5.81. The summed E-state index contributed by atoms with van der Waals surface area (Å²) in [5.41, 5.74) is 0.265. The van der Waals surface area contributed by atoms with E-state index in [-0.39, 0.29) is 5.96 Å². The van der Waals surface area contributed by atoms with Crippen molar-refractivity contribution in [1.29, 1.82) is 10.5 Å². The maximum atomic E-state index is 10.8. The van der Waals surface area contributed by atoms with Gasteiger partial charge in [0.1, 0.15) is 17.5 Å². The average Bonchev–Trinajstić information content (AvgIpc) is 2.58. The van der Waals surface area contributed by atoms with Gasteiger partial charge in [-0.15, -0.1) is 4.99 Å². The van der Waals surface area contributed by atoms with E-state index < -0.39 is 17.7 Å². The van der Waals surface area contributed by atoms with Gasteiger partial charge < -0.3 is 25.4 Å². The van der Waals surface area contributed by atoms with E-state index in [4.69, 9.17) is 10.00 Å². The van der Waals surface area contributed by atoms with E-state index in [1.807, 2.05) is 19.0 Å². The summed E-state index contributed by atoms with van der Waals surface area (Å²) in [6.45, 7) is 4.90. The first kappa shape index (κ1) is 19.5. The van der Waals surface area contributed by atoms with Gasteiger partial charge in [0, 0.05) is 18.7 Å². The minimum atomic E-state index is -0.913. The molecule has 3 N–H and O–H groups in total. The number of hydrogen-bond acceptors (Lipinski definition) is 6. The molecule has 0 saturated heterocycles. The zero-order chi connectivity index (χ0) is 19.3. The maximum Gasteiger partial charge on any atom is 0.209 e. The molecule has 0 spiro atoms. The van der Waals surface area contributed by atoms with Crippen LogP contribution < -0.4 is 15.4 Å². The Morgan fingerprint density at radius 3 is 2.73 bits per heavy atom. The van der Waals surface area contributed by atoms with E-state index in [1.165, 1.54) is 0 Å². The summed E-state index contributed by atoms with van der Waals surface area (Å²) in [6, 6.07) is 6.57. The Balaban J connectivity index is 2.32. The molecule has 26 heavy (non-hydrogen) atoms. The molecule has 1 aliphatic rings. The molecule has 0 amide bonds. The second-order valence-corrected chi connectivity index (χ2v) is 6.93. The molecule has 2 rings (SSSR count). The monoisotopic (exact) mass is 356 g/mol. The molecule has 0 radical (unpaired) electrons. The highest BCUT2D eigenvalue weighted by Crippen LogP contribution is 2.40. The highest BCUT2D eigenvalue weighted by atomic mass is 16.5. The number of guanidine groups is 1. The fraction of sp³-hybridized carbons (Fsp3) is 0.500. The first-order valence-electron chi connectivity index (χ1n) is 8.31. The molecule has 0 fully saturated rings. The van der Waals surface area contributed by atoms with E-state index in [0.29, 0.717) is 23.4 Å². The van der Waals surface area contributed by atoms with Crippen LogP contribution in [0.5, 0.6) is 5.75 Å². The minimum Gasteiger partial charge on any atom is -0.485 e. The van der Waals surface area contributed by atoms with Gasteiger partial charge in [-0.05, 0) is 46.1 Å². The first-order valence-corrected chi connectivity index (χ1v) is 8.31. The number of nitrogens with one attached hydrogen (secondary N) is 2. The molecular weight excluding hydrogens is 332 g/mol. The van der Waals surface area contributed by atoms with Crippen molar-refractivity contribution in [3.05, 3.63) is 29.3 Å². The third-order valence-electron chi connectivity index (χ3n) is 4.18. The molecule has 2 atom stereocenters. The summed E-state index contributed by atoms with van der Waals surface area (Å²) in [5.74, 6) is 0.853. The Labute approximate surface area is 153 Å². The van der Waals surface area contributed by atoms with Crippen LogP contribution in [-0.4, -0.2) is 54.9 Å². The quantitative estimate of drug-likeness (QED) is 0.413. The van der Waals surface area contributed by atoms with Crippen LogP contribution in [0.2, 0.25) is 0 Å². The van der Waals surface area contributed by atoms with Crippen LogP contribution in [0.25, 0.3) is 0 Å². The average molecular weight is 356 g/mol. The topological polar surface area (TPSA) is 117 Å². The van der Waals surface area contributed by atoms with Crippen LogP contribution in [0.15, 0.2) is 23.2 Å². The number of hydrogen-bond donors (Lipinski definition) is 3.